The first-order valence-electron chi connectivity index (χ1n) is 9.37. The van der Waals surface area contributed by atoms with Crippen LogP contribution in [-0.2, 0) is 45.4 Å². The number of aliphatic hydroxyl groups excluding tert-OH is 2. The van der Waals surface area contributed by atoms with Crippen molar-refractivity contribution in [2.24, 2.45) is 23.7 Å². The smallest absolute Gasteiger partial charge is 0.549 e. The van der Waals surface area contributed by atoms with Crippen LogP contribution in [-0.4, -0.2) is 46.9 Å². The number of carbonyl (C=O) groups excluding carboxylic acids is 4. The third kappa shape index (κ3) is 32.0. The van der Waals surface area contributed by atoms with Gasteiger partial charge < -0.3 is 30.0 Å². The molecule has 9 heteroatoms. The van der Waals surface area contributed by atoms with Gasteiger partial charge in [-0.25, -0.2) is 0 Å². The zero-order chi connectivity index (χ0) is 23.4. The summed E-state index contributed by atoms with van der Waals surface area (Å²) in [7, 11) is 0. The molecule has 0 aliphatic rings. The molecule has 170 valence electrons. The van der Waals surface area contributed by atoms with E-state index in [1.54, 1.807) is 13.8 Å². The first-order valence-corrected chi connectivity index (χ1v) is 9.37. The molecule has 0 aromatic heterocycles. The fraction of sp³-hybridized carbons (Fsp3) is 0.800. The van der Waals surface area contributed by atoms with Gasteiger partial charge in [0.05, 0.1) is 23.8 Å². The Morgan fingerprint density at radius 3 is 0.862 bits per heavy atom. The van der Waals surface area contributed by atoms with Gasteiger partial charge in [0.15, 0.2) is 0 Å². The molecule has 0 aliphatic carbocycles. The molecule has 0 rings (SSSR count). The molecule has 0 aliphatic heterocycles. The Labute approximate surface area is 194 Å². The van der Waals surface area contributed by atoms with Gasteiger partial charge in [-0.05, 0) is 38.5 Å². The second kappa shape index (κ2) is 25.1. The molecule has 0 aromatic carbocycles. The Morgan fingerprint density at radius 2 is 0.862 bits per heavy atom. The van der Waals surface area contributed by atoms with Crippen LogP contribution in [0.15, 0.2) is 0 Å². The second-order valence-electron chi connectivity index (χ2n) is 6.93. The molecule has 8 nitrogen and oxygen atoms in total. The van der Waals surface area contributed by atoms with Crippen LogP contribution in [0.2, 0.25) is 0 Å². The van der Waals surface area contributed by atoms with E-state index in [2.05, 4.69) is 0 Å². The minimum absolute atomic E-state index is 0. The Balaban J connectivity index is -0.0000000907. The number of carboxylic acids is 2. The third-order valence-electron chi connectivity index (χ3n) is 3.10. The first kappa shape index (κ1) is 38.7. The molecule has 0 saturated heterocycles. The van der Waals surface area contributed by atoms with Gasteiger partial charge >= 0.3 is 26.2 Å². The van der Waals surface area contributed by atoms with Gasteiger partial charge in [0.2, 0.25) is 0 Å². The molecule has 0 aromatic rings. The number of aliphatic carboxylic acids is 2. The predicted octanol–water partition coefficient (Wildman–Crippen LogP) is -0.0301. The maximum absolute atomic E-state index is 10.4. The van der Waals surface area contributed by atoms with Crippen molar-refractivity contribution in [2.75, 3.05) is 13.2 Å². The van der Waals surface area contributed by atoms with Gasteiger partial charge in [0.1, 0.15) is 11.6 Å². The number of carbonyl (C=O) groups is 4. The van der Waals surface area contributed by atoms with Crippen molar-refractivity contribution < 1.29 is 65.8 Å². The largest absolute Gasteiger partial charge is 2.00 e. The Kier molecular flexibility index (Phi) is 33.5. The SMILES string of the molecule is CC(C)CO.CC(C)CO.CCC(C(C)=O)C(=O)[O-].CCC(C(C)=O)C(=O)[O-].[Zr+2]. The van der Waals surface area contributed by atoms with E-state index < -0.39 is 23.8 Å². The maximum atomic E-state index is 10.4. The van der Waals surface area contributed by atoms with Gasteiger partial charge in [-0.1, -0.05) is 41.5 Å². The predicted molar refractivity (Wildman–Crippen MR) is 103 cm³/mol. The van der Waals surface area contributed by atoms with Crippen molar-refractivity contribution in [3.05, 3.63) is 0 Å². The van der Waals surface area contributed by atoms with Gasteiger partial charge in [-0.3, -0.25) is 9.59 Å². The van der Waals surface area contributed by atoms with Crippen molar-refractivity contribution in [3.63, 3.8) is 0 Å². The summed E-state index contributed by atoms with van der Waals surface area (Å²) in [5, 5.41) is 36.4. The van der Waals surface area contributed by atoms with E-state index in [4.69, 9.17) is 10.2 Å². The van der Waals surface area contributed by atoms with E-state index in [1.165, 1.54) is 13.8 Å². The van der Waals surface area contributed by atoms with Crippen molar-refractivity contribution >= 4 is 23.5 Å². The summed E-state index contributed by atoms with van der Waals surface area (Å²) in [6.45, 7) is 14.3. The molecule has 0 amide bonds. The summed E-state index contributed by atoms with van der Waals surface area (Å²) in [5.74, 6) is -4.16. The number of hydrogen-bond acceptors (Lipinski definition) is 8. The van der Waals surface area contributed by atoms with Gasteiger partial charge in [-0.15, -0.1) is 0 Å². The second-order valence-corrected chi connectivity index (χ2v) is 6.93. The monoisotopic (exact) mass is 496 g/mol. The molecular formula is C20H38O8Zr. The molecule has 0 bridgehead atoms. The van der Waals surface area contributed by atoms with Crippen LogP contribution >= 0.6 is 0 Å². The van der Waals surface area contributed by atoms with Crippen LogP contribution in [0, 0.1) is 23.7 Å². The molecule has 29 heavy (non-hydrogen) atoms. The van der Waals surface area contributed by atoms with Crippen LogP contribution in [0.4, 0.5) is 0 Å². The molecular weight excluding hydrogens is 459 g/mol. The van der Waals surface area contributed by atoms with Crippen molar-refractivity contribution in [1.29, 1.82) is 0 Å². The van der Waals surface area contributed by atoms with E-state index in [0.29, 0.717) is 37.9 Å². The van der Waals surface area contributed by atoms with E-state index in [9.17, 15) is 29.4 Å². The van der Waals surface area contributed by atoms with Crippen LogP contribution in [0.5, 0.6) is 0 Å². The molecule has 0 fully saturated rings. The van der Waals surface area contributed by atoms with E-state index in [1.807, 2.05) is 27.7 Å². The molecule has 0 radical (unpaired) electrons. The maximum Gasteiger partial charge on any atom is 2.00 e. The summed E-state index contributed by atoms with van der Waals surface area (Å²) in [5.41, 5.74) is 0. The van der Waals surface area contributed by atoms with E-state index in [-0.39, 0.29) is 37.8 Å². The summed E-state index contributed by atoms with van der Waals surface area (Å²) in [6, 6.07) is 0. The van der Waals surface area contributed by atoms with Crippen LogP contribution in [0.3, 0.4) is 0 Å². The normalized spacial score (nSPS) is 11.2. The molecule has 0 spiro atoms. The average molecular weight is 498 g/mol. The van der Waals surface area contributed by atoms with E-state index >= 15 is 0 Å². The van der Waals surface area contributed by atoms with Gasteiger partial charge in [0, 0.05) is 13.2 Å². The van der Waals surface area contributed by atoms with Crippen LogP contribution in [0.1, 0.15) is 68.2 Å². The van der Waals surface area contributed by atoms with E-state index in [0.717, 1.165) is 0 Å². The first-order chi connectivity index (χ1) is 12.7. The summed E-state index contributed by atoms with van der Waals surface area (Å²) in [4.78, 5) is 40.9. The Morgan fingerprint density at radius 1 is 0.690 bits per heavy atom. The van der Waals surface area contributed by atoms with Crippen LogP contribution in [0.25, 0.3) is 0 Å². The number of hydrogen-bond donors (Lipinski definition) is 2. The van der Waals surface area contributed by atoms with Crippen molar-refractivity contribution in [2.45, 2.75) is 68.2 Å². The quantitative estimate of drug-likeness (QED) is 0.443. The zero-order valence-electron chi connectivity index (χ0n) is 19.0. The number of Topliss-reactive ketones (excluding diaryl/α,β-unsaturated/α-hetero) is 2. The zero-order valence-corrected chi connectivity index (χ0v) is 21.4. The molecule has 0 saturated carbocycles. The minimum Gasteiger partial charge on any atom is -0.549 e. The topological polar surface area (TPSA) is 155 Å². The van der Waals surface area contributed by atoms with Crippen molar-refractivity contribution in [1.82, 2.24) is 0 Å². The molecule has 2 N–H and O–H groups in total. The number of rotatable bonds is 8. The Hall–Kier alpha value is -0.917. The molecule has 0 heterocycles. The van der Waals surface area contributed by atoms with Crippen molar-refractivity contribution in [3.8, 4) is 0 Å². The molecule has 2 unspecified atom stereocenters. The minimum atomic E-state index is -1.27. The molecule has 2 atom stereocenters. The summed E-state index contributed by atoms with van der Waals surface area (Å²) >= 11 is 0. The average Bonchev–Trinajstić information content (AvgIpc) is 2.56. The number of aliphatic hydroxyl groups is 2. The fourth-order valence-electron chi connectivity index (χ4n) is 1.24. The van der Waals surface area contributed by atoms with Gasteiger partial charge in [0.25, 0.3) is 0 Å². The third-order valence-corrected chi connectivity index (χ3v) is 3.10. The fourth-order valence-corrected chi connectivity index (χ4v) is 1.24. The standard InChI is InChI=1S/2C6H10O3.2C4H10O.Zr/c2*1-3-5(4(2)7)6(8)9;2*1-4(2)3-5;/h2*5H,3H2,1-2H3,(H,8,9);2*4-5H,3H2,1-2H3;/q;;;;+2/p-2. The van der Waals surface area contributed by atoms with Crippen LogP contribution < -0.4 is 10.2 Å². The Bertz CT molecular complexity index is 368. The summed E-state index contributed by atoms with van der Waals surface area (Å²) in [6.07, 6.45) is 0.634. The number of carboxylic acid groups (broad SMARTS) is 2. The number of ketones is 2. The summed E-state index contributed by atoms with van der Waals surface area (Å²) < 4.78 is 0. The van der Waals surface area contributed by atoms with Gasteiger partial charge in [-0.2, -0.15) is 0 Å².